The van der Waals surface area contributed by atoms with Crippen molar-refractivity contribution in [3.8, 4) is 6.07 Å². The Labute approximate surface area is 160 Å². The minimum absolute atomic E-state index is 0.521. The van der Waals surface area contributed by atoms with Crippen molar-refractivity contribution in [2.45, 2.75) is 13.8 Å². The Balaban J connectivity index is 1.92. The number of hydrogen-bond donors (Lipinski definition) is 1. The summed E-state index contributed by atoms with van der Waals surface area (Å²) < 4.78 is 0. The molecule has 138 valence electrons. The van der Waals surface area contributed by atoms with E-state index in [-0.39, 0.29) is 0 Å². The molecule has 0 spiro atoms. The Morgan fingerprint density at radius 2 is 1.74 bits per heavy atom. The van der Waals surface area contributed by atoms with Gasteiger partial charge in [0.25, 0.3) is 0 Å². The molecule has 0 aliphatic heterocycles. The number of anilines is 2. The number of nitrogens with one attached hydrogen (secondary N) is 1. The summed E-state index contributed by atoms with van der Waals surface area (Å²) in [5.74, 6) is 0.594. The fraction of sp³-hybridized carbons (Fsp3) is 0.273. The van der Waals surface area contributed by atoms with E-state index in [2.05, 4.69) is 46.9 Å². The van der Waals surface area contributed by atoms with Crippen molar-refractivity contribution in [3.63, 3.8) is 0 Å². The molecule has 0 amide bonds. The molecule has 0 atom stereocenters. The molecule has 1 aromatic heterocycles. The Morgan fingerprint density at radius 3 is 2.33 bits per heavy atom. The summed E-state index contributed by atoms with van der Waals surface area (Å²) >= 11 is 0. The standard InChI is InChI=1S/C22H25N5/c1-5-27(6-2)18-9-7-16(8-10-18)13-17(15-23)22-24-20-12-11-19(26(3)4)14-21(20)25-22/h7-14H,5-6H2,1-4H3,(H,24,25)/b17-13+. The number of rotatable bonds is 6. The first-order valence-electron chi connectivity index (χ1n) is 9.20. The molecule has 0 fully saturated rings. The van der Waals surface area contributed by atoms with Crippen LogP contribution in [-0.2, 0) is 0 Å². The first-order chi connectivity index (χ1) is 13.0. The van der Waals surface area contributed by atoms with Crippen LogP contribution in [0.25, 0.3) is 22.7 Å². The zero-order chi connectivity index (χ0) is 19.4. The second-order valence-electron chi connectivity index (χ2n) is 6.61. The van der Waals surface area contributed by atoms with E-state index in [0.717, 1.165) is 35.4 Å². The van der Waals surface area contributed by atoms with Crippen molar-refractivity contribution in [2.75, 3.05) is 37.0 Å². The molecule has 5 nitrogen and oxygen atoms in total. The van der Waals surface area contributed by atoms with E-state index in [9.17, 15) is 5.26 Å². The lowest BCUT2D eigenvalue weighted by atomic mass is 10.1. The van der Waals surface area contributed by atoms with Crippen molar-refractivity contribution >= 4 is 34.1 Å². The van der Waals surface area contributed by atoms with Crippen LogP contribution >= 0.6 is 0 Å². The molecule has 0 saturated heterocycles. The molecule has 2 aromatic carbocycles. The van der Waals surface area contributed by atoms with Crippen molar-refractivity contribution in [1.29, 1.82) is 5.26 Å². The van der Waals surface area contributed by atoms with Crippen LogP contribution in [0.3, 0.4) is 0 Å². The molecule has 1 heterocycles. The summed E-state index contributed by atoms with van der Waals surface area (Å²) in [6.45, 7) is 6.24. The van der Waals surface area contributed by atoms with Gasteiger partial charge in [-0.3, -0.25) is 0 Å². The molecule has 1 N–H and O–H groups in total. The third-order valence-electron chi connectivity index (χ3n) is 4.69. The minimum Gasteiger partial charge on any atom is -0.378 e. The summed E-state index contributed by atoms with van der Waals surface area (Å²) in [5, 5.41) is 9.63. The van der Waals surface area contributed by atoms with Gasteiger partial charge in [0.05, 0.1) is 16.6 Å². The minimum atomic E-state index is 0.521. The zero-order valence-corrected chi connectivity index (χ0v) is 16.3. The Bertz CT molecular complexity index is 986. The number of benzene rings is 2. The van der Waals surface area contributed by atoms with Gasteiger partial charge in [0.1, 0.15) is 11.9 Å². The second-order valence-corrected chi connectivity index (χ2v) is 6.61. The molecule has 3 aromatic rings. The number of allylic oxidation sites excluding steroid dienone is 1. The van der Waals surface area contributed by atoms with Gasteiger partial charge in [0.15, 0.2) is 0 Å². The maximum absolute atomic E-state index is 9.63. The van der Waals surface area contributed by atoms with E-state index in [1.807, 2.05) is 55.4 Å². The lowest BCUT2D eigenvalue weighted by Gasteiger charge is -2.20. The molecule has 0 saturated carbocycles. The third kappa shape index (κ3) is 3.95. The number of nitrogens with zero attached hydrogens (tertiary/aromatic N) is 4. The second kappa shape index (κ2) is 7.96. The number of nitriles is 1. The van der Waals surface area contributed by atoms with Gasteiger partial charge in [0.2, 0.25) is 0 Å². The lowest BCUT2D eigenvalue weighted by molar-refractivity contribution is 0.866. The Kier molecular flexibility index (Phi) is 5.46. The van der Waals surface area contributed by atoms with Crippen LogP contribution in [0.5, 0.6) is 0 Å². The largest absolute Gasteiger partial charge is 0.378 e. The van der Waals surface area contributed by atoms with E-state index in [1.165, 1.54) is 5.69 Å². The number of H-pyrrole nitrogens is 1. The van der Waals surface area contributed by atoms with Gasteiger partial charge in [-0.2, -0.15) is 5.26 Å². The topological polar surface area (TPSA) is 59.0 Å². The number of hydrogen-bond acceptors (Lipinski definition) is 4. The van der Waals surface area contributed by atoms with Crippen molar-refractivity contribution in [2.24, 2.45) is 0 Å². The fourth-order valence-electron chi connectivity index (χ4n) is 3.09. The molecule has 0 aliphatic carbocycles. The van der Waals surface area contributed by atoms with Crippen LogP contribution in [0.15, 0.2) is 42.5 Å². The van der Waals surface area contributed by atoms with Gasteiger partial charge in [-0.05, 0) is 55.8 Å². The number of imidazole rings is 1. The highest BCUT2D eigenvalue weighted by molar-refractivity contribution is 5.91. The predicted octanol–water partition coefficient (Wildman–Crippen LogP) is 4.54. The van der Waals surface area contributed by atoms with E-state index in [4.69, 9.17) is 0 Å². The average Bonchev–Trinajstić information content (AvgIpc) is 3.11. The normalized spacial score (nSPS) is 11.4. The Hall–Kier alpha value is -3.26. The van der Waals surface area contributed by atoms with Gasteiger partial charge in [-0.25, -0.2) is 4.98 Å². The van der Waals surface area contributed by atoms with Gasteiger partial charge >= 0.3 is 0 Å². The van der Waals surface area contributed by atoms with E-state index < -0.39 is 0 Å². The van der Waals surface area contributed by atoms with Crippen molar-refractivity contribution < 1.29 is 0 Å². The van der Waals surface area contributed by atoms with Gasteiger partial charge in [0, 0.05) is 38.6 Å². The summed E-state index contributed by atoms with van der Waals surface area (Å²) in [4.78, 5) is 12.2. The SMILES string of the molecule is CCN(CC)c1ccc(/C=C(\C#N)c2nc3ccc(N(C)C)cc3[nH]2)cc1. The lowest BCUT2D eigenvalue weighted by Crippen LogP contribution is -2.21. The summed E-state index contributed by atoms with van der Waals surface area (Å²) in [6, 6.07) is 16.6. The van der Waals surface area contributed by atoms with Crippen LogP contribution < -0.4 is 9.80 Å². The third-order valence-corrected chi connectivity index (χ3v) is 4.69. The maximum atomic E-state index is 9.63. The molecule has 0 unspecified atom stereocenters. The number of fused-ring (bicyclic) bond motifs is 1. The van der Waals surface area contributed by atoms with E-state index in [1.54, 1.807) is 0 Å². The zero-order valence-electron chi connectivity index (χ0n) is 16.3. The molecule has 0 radical (unpaired) electrons. The van der Waals surface area contributed by atoms with E-state index in [0.29, 0.717) is 11.4 Å². The van der Waals surface area contributed by atoms with Crippen LogP contribution in [0.2, 0.25) is 0 Å². The van der Waals surface area contributed by atoms with E-state index >= 15 is 0 Å². The average molecular weight is 359 g/mol. The highest BCUT2D eigenvalue weighted by Crippen LogP contribution is 2.23. The summed E-state index contributed by atoms with van der Waals surface area (Å²) in [5.41, 5.74) is 5.57. The summed E-state index contributed by atoms with van der Waals surface area (Å²) in [6.07, 6.45) is 1.87. The molecular weight excluding hydrogens is 334 g/mol. The molecule has 5 heteroatoms. The predicted molar refractivity (Wildman–Crippen MR) is 114 cm³/mol. The van der Waals surface area contributed by atoms with Crippen LogP contribution in [0, 0.1) is 11.3 Å². The van der Waals surface area contributed by atoms with Crippen LogP contribution in [0.4, 0.5) is 11.4 Å². The Morgan fingerprint density at radius 1 is 1.07 bits per heavy atom. The molecule has 0 aliphatic rings. The van der Waals surface area contributed by atoms with Gasteiger partial charge in [-0.15, -0.1) is 0 Å². The number of aromatic nitrogens is 2. The molecular formula is C22H25N5. The van der Waals surface area contributed by atoms with Crippen LogP contribution in [0.1, 0.15) is 25.2 Å². The van der Waals surface area contributed by atoms with Crippen molar-refractivity contribution in [3.05, 3.63) is 53.9 Å². The van der Waals surface area contributed by atoms with Crippen molar-refractivity contribution in [1.82, 2.24) is 9.97 Å². The first-order valence-corrected chi connectivity index (χ1v) is 9.20. The summed E-state index contributed by atoms with van der Waals surface area (Å²) in [7, 11) is 4.00. The van der Waals surface area contributed by atoms with Crippen LogP contribution in [-0.4, -0.2) is 37.2 Å². The molecule has 3 rings (SSSR count). The van der Waals surface area contributed by atoms with Gasteiger partial charge in [-0.1, -0.05) is 12.1 Å². The fourth-order valence-corrected chi connectivity index (χ4v) is 3.09. The molecule has 0 bridgehead atoms. The first kappa shape index (κ1) is 18.5. The molecule has 27 heavy (non-hydrogen) atoms. The number of aromatic amines is 1. The van der Waals surface area contributed by atoms with Gasteiger partial charge < -0.3 is 14.8 Å². The monoisotopic (exact) mass is 359 g/mol. The quantitative estimate of drug-likeness (QED) is 0.657. The maximum Gasteiger partial charge on any atom is 0.149 e. The highest BCUT2D eigenvalue weighted by atomic mass is 15.1. The smallest absolute Gasteiger partial charge is 0.149 e. The highest BCUT2D eigenvalue weighted by Gasteiger charge is 2.09.